The highest BCUT2D eigenvalue weighted by Gasteiger charge is 2.00. The van der Waals surface area contributed by atoms with Gasteiger partial charge in [0.2, 0.25) is 0 Å². The Morgan fingerprint density at radius 1 is 1.39 bits per heavy atom. The lowest BCUT2D eigenvalue weighted by molar-refractivity contribution is -0.139. The molecule has 0 bridgehead atoms. The molecule has 0 aliphatic carbocycles. The van der Waals surface area contributed by atoms with E-state index in [2.05, 4.69) is 17.9 Å². The van der Waals surface area contributed by atoms with Gasteiger partial charge < -0.3 is 9.84 Å². The summed E-state index contributed by atoms with van der Waals surface area (Å²) in [5, 5.41) is 8.30. The molecule has 0 amide bonds. The second-order valence-electron chi connectivity index (χ2n) is 3.61. The minimum atomic E-state index is -0.395. The Morgan fingerprint density at radius 2 is 2.00 bits per heavy atom. The Hall–Kier alpha value is -1.87. The standard InChI is InChI=1S/C8H8.C7H12O3/c1-2-8-6-4-3-5-7-8;1-6(2)7(9)10-5-3-4-8/h2-7H,1H2;8H,1,3-5H2,2H3. The van der Waals surface area contributed by atoms with E-state index < -0.39 is 5.97 Å². The van der Waals surface area contributed by atoms with Gasteiger partial charge in [-0.3, -0.25) is 0 Å². The number of rotatable bonds is 5. The van der Waals surface area contributed by atoms with E-state index in [1.165, 1.54) is 5.56 Å². The molecule has 1 aromatic rings. The maximum absolute atomic E-state index is 10.6. The number of carbonyl (C=O) groups is 1. The number of esters is 1. The van der Waals surface area contributed by atoms with Crippen LogP contribution in [0.4, 0.5) is 0 Å². The summed E-state index contributed by atoms with van der Waals surface area (Å²) >= 11 is 0. The number of aliphatic hydroxyl groups excluding tert-OH is 1. The molecule has 1 rings (SSSR count). The zero-order valence-corrected chi connectivity index (χ0v) is 10.8. The zero-order valence-electron chi connectivity index (χ0n) is 10.8. The van der Waals surface area contributed by atoms with Crippen molar-refractivity contribution in [1.29, 1.82) is 0 Å². The lowest BCUT2D eigenvalue weighted by atomic mass is 10.2. The van der Waals surface area contributed by atoms with Gasteiger partial charge in [0.05, 0.1) is 6.61 Å². The number of aliphatic hydroxyl groups is 1. The number of benzene rings is 1. The predicted molar refractivity (Wildman–Crippen MR) is 74.0 cm³/mol. The highest BCUT2D eigenvalue weighted by atomic mass is 16.5. The second kappa shape index (κ2) is 10.3. The van der Waals surface area contributed by atoms with E-state index in [-0.39, 0.29) is 13.2 Å². The number of ether oxygens (including phenoxy) is 1. The van der Waals surface area contributed by atoms with Crippen molar-refractivity contribution in [2.45, 2.75) is 13.3 Å². The number of hydrogen-bond donors (Lipinski definition) is 1. The van der Waals surface area contributed by atoms with Gasteiger partial charge in [-0.15, -0.1) is 0 Å². The van der Waals surface area contributed by atoms with Crippen molar-refractivity contribution in [1.82, 2.24) is 0 Å². The first-order chi connectivity index (χ1) is 8.61. The molecule has 0 aromatic heterocycles. The van der Waals surface area contributed by atoms with Gasteiger partial charge in [0.15, 0.2) is 0 Å². The third-order valence-electron chi connectivity index (χ3n) is 1.92. The topological polar surface area (TPSA) is 46.5 Å². The minimum Gasteiger partial charge on any atom is -0.462 e. The van der Waals surface area contributed by atoms with Crippen molar-refractivity contribution >= 4 is 12.0 Å². The molecule has 0 aliphatic heterocycles. The second-order valence-corrected chi connectivity index (χ2v) is 3.61. The van der Waals surface area contributed by atoms with Gasteiger partial charge in [-0.1, -0.05) is 49.6 Å². The molecule has 3 nitrogen and oxygen atoms in total. The molecule has 98 valence electrons. The Balaban J connectivity index is 0.000000327. The summed E-state index contributed by atoms with van der Waals surface area (Å²) in [5.74, 6) is -0.395. The van der Waals surface area contributed by atoms with Crippen LogP contribution in [0.2, 0.25) is 0 Å². The monoisotopic (exact) mass is 248 g/mol. The third-order valence-corrected chi connectivity index (χ3v) is 1.92. The fourth-order valence-electron chi connectivity index (χ4n) is 0.942. The first-order valence-electron chi connectivity index (χ1n) is 5.72. The first kappa shape index (κ1) is 16.1. The van der Waals surface area contributed by atoms with E-state index in [1.807, 2.05) is 36.4 Å². The average Bonchev–Trinajstić information content (AvgIpc) is 2.40. The van der Waals surface area contributed by atoms with Crippen LogP contribution < -0.4 is 0 Å². The Labute approximate surface area is 108 Å². The lowest BCUT2D eigenvalue weighted by Gasteiger charge is -2.00. The number of hydrogen-bond acceptors (Lipinski definition) is 3. The average molecular weight is 248 g/mol. The van der Waals surface area contributed by atoms with E-state index in [4.69, 9.17) is 5.11 Å². The van der Waals surface area contributed by atoms with Crippen LogP contribution in [0.5, 0.6) is 0 Å². The van der Waals surface area contributed by atoms with Crippen LogP contribution in [0.3, 0.4) is 0 Å². The summed E-state index contributed by atoms with van der Waals surface area (Å²) in [5.41, 5.74) is 1.56. The molecule has 0 aliphatic rings. The van der Waals surface area contributed by atoms with Gasteiger partial charge in [0.25, 0.3) is 0 Å². The van der Waals surface area contributed by atoms with E-state index in [1.54, 1.807) is 6.92 Å². The molecule has 0 fully saturated rings. The fraction of sp³-hybridized carbons (Fsp3) is 0.267. The molecule has 18 heavy (non-hydrogen) atoms. The highest BCUT2D eigenvalue weighted by Crippen LogP contribution is 1.97. The lowest BCUT2D eigenvalue weighted by Crippen LogP contribution is -2.06. The van der Waals surface area contributed by atoms with Crippen LogP contribution in [0.1, 0.15) is 18.9 Å². The van der Waals surface area contributed by atoms with Crippen molar-refractivity contribution in [3.63, 3.8) is 0 Å². The normalized spacial score (nSPS) is 8.78. The van der Waals surface area contributed by atoms with E-state index >= 15 is 0 Å². The summed E-state index contributed by atoms with van der Waals surface area (Å²) < 4.78 is 4.65. The first-order valence-corrected chi connectivity index (χ1v) is 5.72. The van der Waals surface area contributed by atoms with Crippen molar-refractivity contribution in [2.24, 2.45) is 0 Å². The maximum Gasteiger partial charge on any atom is 0.333 e. The highest BCUT2D eigenvalue weighted by molar-refractivity contribution is 5.86. The zero-order chi connectivity index (χ0) is 13.8. The largest absolute Gasteiger partial charge is 0.462 e. The molecule has 1 aromatic carbocycles. The molecule has 1 N–H and O–H groups in total. The summed E-state index contributed by atoms with van der Waals surface area (Å²) in [4.78, 5) is 10.6. The molecule has 0 atom stereocenters. The van der Waals surface area contributed by atoms with Crippen molar-refractivity contribution in [3.05, 3.63) is 54.6 Å². The molecule has 0 unspecified atom stereocenters. The molecule has 0 radical (unpaired) electrons. The van der Waals surface area contributed by atoms with Crippen LogP contribution in [-0.2, 0) is 9.53 Å². The molecular weight excluding hydrogens is 228 g/mol. The van der Waals surface area contributed by atoms with Gasteiger partial charge in [0, 0.05) is 18.6 Å². The Kier molecular flexibility index (Phi) is 9.23. The van der Waals surface area contributed by atoms with Gasteiger partial charge in [-0.05, 0) is 12.5 Å². The van der Waals surface area contributed by atoms with E-state index in [0.717, 1.165) is 0 Å². The van der Waals surface area contributed by atoms with Gasteiger partial charge in [0.1, 0.15) is 0 Å². The van der Waals surface area contributed by atoms with Gasteiger partial charge >= 0.3 is 5.97 Å². The Morgan fingerprint density at radius 3 is 2.39 bits per heavy atom. The summed E-state index contributed by atoms with van der Waals surface area (Å²) in [7, 11) is 0. The predicted octanol–water partition coefficient (Wildman–Crippen LogP) is 2.82. The van der Waals surface area contributed by atoms with Crippen LogP contribution in [0.15, 0.2) is 49.1 Å². The summed E-state index contributed by atoms with van der Waals surface area (Å²) in [6.45, 7) is 8.92. The quantitative estimate of drug-likeness (QED) is 0.495. The van der Waals surface area contributed by atoms with Crippen LogP contribution in [0.25, 0.3) is 6.08 Å². The minimum absolute atomic E-state index is 0.0451. The van der Waals surface area contributed by atoms with Crippen molar-refractivity contribution in [3.8, 4) is 0 Å². The van der Waals surface area contributed by atoms with E-state index in [9.17, 15) is 4.79 Å². The molecular formula is C15H20O3. The smallest absolute Gasteiger partial charge is 0.333 e. The molecule has 0 heterocycles. The van der Waals surface area contributed by atoms with Crippen molar-refractivity contribution in [2.75, 3.05) is 13.2 Å². The number of carbonyl (C=O) groups excluding carboxylic acids is 1. The van der Waals surface area contributed by atoms with Gasteiger partial charge in [-0.25, -0.2) is 4.79 Å². The SMILES string of the molecule is C=C(C)C(=O)OCCCO.C=Cc1ccccc1. The Bertz CT molecular complexity index is 369. The van der Waals surface area contributed by atoms with E-state index in [0.29, 0.717) is 12.0 Å². The van der Waals surface area contributed by atoms with Crippen LogP contribution in [-0.4, -0.2) is 24.3 Å². The summed E-state index contributed by atoms with van der Waals surface area (Å²) in [6, 6.07) is 10.0. The fourth-order valence-corrected chi connectivity index (χ4v) is 0.942. The van der Waals surface area contributed by atoms with Gasteiger partial charge in [-0.2, -0.15) is 0 Å². The molecule has 3 heteroatoms. The van der Waals surface area contributed by atoms with Crippen LogP contribution >= 0.6 is 0 Å². The maximum atomic E-state index is 10.6. The van der Waals surface area contributed by atoms with Crippen molar-refractivity contribution < 1.29 is 14.6 Å². The third kappa shape index (κ3) is 8.30. The summed E-state index contributed by atoms with van der Waals surface area (Å²) in [6.07, 6.45) is 2.32. The molecule has 0 saturated heterocycles. The van der Waals surface area contributed by atoms with Crippen LogP contribution in [0, 0.1) is 0 Å². The molecule has 0 spiro atoms. The molecule has 0 saturated carbocycles.